The van der Waals surface area contributed by atoms with Gasteiger partial charge in [-0.15, -0.1) is 0 Å². The molecule has 6 heteroatoms. The molecule has 0 N–H and O–H groups in total. The summed E-state index contributed by atoms with van der Waals surface area (Å²) in [7, 11) is -0.135. The SMILES string of the molecule is c1ccc2c(c1)-c1nc3ccccc3n1B1N2c2ccccc2-c2nc3ccccc3n21. The van der Waals surface area contributed by atoms with Crippen LogP contribution >= 0.6 is 0 Å². The lowest BCUT2D eigenvalue weighted by molar-refractivity contribution is 1.02. The van der Waals surface area contributed by atoms with Crippen molar-refractivity contribution in [3.63, 3.8) is 0 Å². The van der Waals surface area contributed by atoms with Gasteiger partial charge >= 0.3 is 7.12 Å². The lowest BCUT2D eigenvalue weighted by atomic mass is 9.78. The highest BCUT2D eigenvalue weighted by molar-refractivity contribution is 6.67. The summed E-state index contributed by atoms with van der Waals surface area (Å²) in [5.41, 5.74) is 8.86. The molecule has 0 unspecified atom stereocenters. The van der Waals surface area contributed by atoms with Crippen LogP contribution in [0.4, 0.5) is 11.4 Å². The molecule has 0 atom stereocenters. The fourth-order valence-electron chi connectivity index (χ4n) is 5.41. The maximum atomic E-state index is 5.08. The number of rotatable bonds is 0. The highest BCUT2D eigenvalue weighted by Crippen LogP contribution is 2.48. The smallest absolute Gasteiger partial charge is 0.344 e. The van der Waals surface area contributed by atoms with Crippen LogP contribution in [-0.4, -0.2) is 26.0 Å². The Morgan fingerprint density at radius 1 is 0.500 bits per heavy atom. The van der Waals surface area contributed by atoms with Gasteiger partial charge in [-0.25, -0.2) is 9.97 Å². The Labute approximate surface area is 184 Å². The van der Waals surface area contributed by atoms with Gasteiger partial charge in [-0.05, 0) is 48.5 Å². The molecular weight excluding hydrogens is 393 g/mol. The monoisotopic (exact) mass is 409 g/mol. The summed E-state index contributed by atoms with van der Waals surface area (Å²) >= 11 is 0. The molecule has 0 saturated heterocycles. The predicted octanol–water partition coefficient (Wildman–Crippen LogP) is 5.57. The molecule has 2 aromatic heterocycles. The van der Waals surface area contributed by atoms with Crippen LogP contribution in [0, 0.1) is 0 Å². The lowest BCUT2D eigenvalue weighted by Crippen LogP contribution is -2.53. The lowest BCUT2D eigenvalue weighted by Gasteiger charge is -2.41. The molecule has 148 valence electrons. The number of hydrogen-bond donors (Lipinski definition) is 0. The number of fused-ring (bicyclic) bond motifs is 15. The molecule has 8 rings (SSSR count). The Hall–Kier alpha value is -4.32. The normalized spacial score (nSPS) is 13.5. The number of nitrogens with zero attached hydrogens (tertiary/aromatic N) is 5. The largest absolute Gasteiger partial charge is 0.521 e. The molecule has 6 aromatic rings. The van der Waals surface area contributed by atoms with Gasteiger partial charge in [-0.1, -0.05) is 48.5 Å². The molecule has 0 fully saturated rings. The van der Waals surface area contributed by atoms with E-state index in [0.717, 1.165) is 56.2 Å². The summed E-state index contributed by atoms with van der Waals surface area (Å²) in [5.74, 6) is 1.98. The van der Waals surface area contributed by atoms with E-state index < -0.39 is 0 Å². The number of para-hydroxylation sites is 6. The zero-order chi connectivity index (χ0) is 20.8. The van der Waals surface area contributed by atoms with Gasteiger partial charge in [0.2, 0.25) is 0 Å². The van der Waals surface area contributed by atoms with Crippen LogP contribution in [-0.2, 0) is 0 Å². The first-order chi connectivity index (χ1) is 15.9. The second kappa shape index (κ2) is 5.68. The third-order valence-electron chi connectivity index (χ3n) is 6.69. The van der Waals surface area contributed by atoms with Crippen LogP contribution < -0.4 is 4.81 Å². The highest BCUT2D eigenvalue weighted by Gasteiger charge is 2.46. The van der Waals surface area contributed by atoms with Gasteiger partial charge in [0.25, 0.3) is 0 Å². The quantitative estimate of drug-likeness (QED) is 0.308. The van der Waals surface area contributed by atoms with E-state index in [0.29, 0.717) is 0 Å². The minimum atomic E-state index is -0.135. The fourth-order valence-corrected chi connectivity index (χ4v) is 5.41. The van der Waals surface area contributed by atoms with E-state index in [1.807, 2.05) is 0 Å². The molecule has 0 bridgehead atoms. The van der Waals surface area contributed by atoms with Crippen LogP contribution in [0.1, 0.15) is 0 Å². The molecule has 2 aliphatic heterocycles. The molecule has 4 aromatic carbocycles. The summed E-state index contributed by atoms with van der Waals surface area (Å²) in [6.07, 6.45) is 0. The molecular formula is C26H16BN5. The molecule has 0 saturated carbocycles. The van der Waals surface area contributed by atoms with Crippen LogP contribution in [0.15, 0.2) is 97.1 Å². The van der Waals surface area contributed by atoms with Crippen LogP contribution in [0.2, 0.25) is 0 Å². The van der Waals surface area contributed by atoms with E-state index in [4.69, 9.17) is 9.97 Å². The van der Waals surface area contributed by atoms with Crippen molar-refractivity contribution >= 4 is 40.6 Å². The Morgan fingerprint density at radius 2 is 0.938 bits per heavy atom. The van der Waals surface area contributed by atoms with Gasteiger partial charge in [-0.2, -0.15) is 0 Å². The Bertz CT molecular complexity index is 1590. The molecule has 0 amide bonds. The minimum Gasteiger partial charge on any atom is -0.344 e. The van der Waals surface area contributed by atoms with Crippen LogP contribution in [0.3, 0.4) is 0 Å². The molecule has 0 spiro atoms. The fraction of sp³-hybridized carbons (Fsp3) is 0. The van der Waals surface area contributed by atoms with Crippen LogP contribution in [0.5, 0.6) is 0 Å². The summed E-state index contributed by atoms with van der Waals surface area (Å²) in [5, 5.41) is 0. The van der Waals surface area contributed by atoms with Gasteiger partial charge in [0, 0.05) is 22.5 Å². The first-order valence-electron chi connectivity index (χ1n) is 10.8. The Balaban J connectivity index is 1.60. The summed E-state index contributed by atoms with van der Waals surface area (Å²) in [6.45, 7) is 0. The average molecular weight is 409 g/mol. The number of imidazole rings is 2. The highest BCUT2D eigenvalue weighted by atomic mass is 15.3. The molecule has 0 aliphatic carbocycles. The van der Waals surface area contributed by atoms with Crippen molar-refractivity contribution in [2.75, 3.05) is 4.81 Å². The second-order valence-electron chi connectivity index (χ2n) is 8.34. The summed E-state index contributed by atoms with van der Waals surface area (Å²) in [4.78, 5) is 12.6. The zero-order valence-corrected chi connectivity index (χ0v) is 17.1. The third kappa shape index (κ3) is 1.86. The van der Waals surface area contributed by atoms with Gasteiger partial charge in [0.05, 0.1) is 22.1 Å². The van der Waals surface area contributed by atoms with Gasteiger partial charge in [0.1, 0.15) is 11.6 Å². The average Bonchev–Trinajstić information content (AvgIpc) is 3.43. The third-order valence-corrected chi connectivity index (χ3v) is 6.69. The van der Waals surface area contributed by atoms with Crippen molar-refractivity contribution in [1.82, 2.24) is 18.9 Å². The summed E-state index contributed by atoms with van der Waals surface area (Å²) in [6, 6.07) is 34.0. The predicted molar refractivity (Wildman–Crippen MR) is 129 cm³/mol. The maximum Gasteiger partial charge on any atom is 0.521 e. The van der Waals surface area contributed by atoms with Gasteiger partial charge in [-0.3, -0.25) is 0 Å². The summed E-state index contributed by atoms with van der Waals surface area (Å²) < 4.78 is 4.73. The van der Waals surface area contributed by atoms with E-state index in [1.54, 1.807) is 0 Å². The standard InChI is InChI=1S/C26H16BN5/c1-5-13-21-17(9-1)25-28-19-11-3-7-15-23(19)31(25)27-30(21)22-14-6-2-10-18(22)26-29-20-12-4-8-16-24(20)32(26)27/h1-16H. The van der Waals surface area contributed by atoms with Gasteiger partial charge in [0.15, 0.2) is 0 Å². The van der Waals surface area contributed by atoms with E-state index in [2.05, 4.69) is 111 Å². The topological polar surface area (TPSA) is 38.9 Å². The Morgan fingerprint density at radius 3 is 1.47 bits per heavy atom. The number of hydrogen-bond acceptors (Lipinski definition) is 3. The van der Waals surface area contributed by atoms with E-state index >= 15 is 0 Å². The Kier molecular flexibility index (Phi) is 2.91. The van der Waals surface area contributed by atoms with Crippen LogP contribution in [0.25, 0.3) is 44.8 Å². The van der Waals surface area contributed by atoms with E-state index in [1.165, 1.54) is 0 Å². The first kappa shape index (κ1) is 16.4. The first-order valence-corrected chi connectivity index (χ1v) is 10.8. The van der Waals surface area contributed by atoms with Crippen molar-refractivity contribution in [2.45, 2.75) is 0 Å². The molecule has 0 radical (unpaired) electrons. The van der Waals surface area contributed by atoms with Crippen molar-refractivity contribution in [2.24, 2.45) is 0 Å². The van der Waals surface area contributed by atoms with E-state index in [-0.39, 0.29) is 7.12 Å². The van der Waals surface area contributed by atoms with E-state index in [9.17, 15) is 0 Å². The van der Waals surface area contributed by atoms with Crippen molar-refractivity contribution < 1.29 is 0 Å². The number of aromatic nitrogens is 4. The minimum absolute atomic E-state index is 0.135. The van der Waals surface area contributed by atoms with Gasteiger partial charge < -0.3 is 13.8 Å². The molecule has 4 heterocycles. The van der Waals surface area contributed by atoms with Crippen molar-refractivity contribution in [3.8, 4) is 22.8 Å². The second-order valence-corrected chi connectivity index (χ2v) is 8.34. The van der Waals surface area contributed by atoms with Crippen molar-refractivity contribution in [1.29, 1.82) is 0 Å². The molecule has 2 aliphatic rings. The van der Waals surface area contributed by atoms with Crippen molar-refractivity contribution in [3.05, 3.63) is 97.1 Å². The zero-order valence-electron chi connectivity index (χ0n) is 17.1. The maximum absolute atomic E-state index is 5.08. The number of benzene rings is 4. The molecule has 5 nitrogen and oxygen atoms in total. The number of anilines is 2. The molecule has 32 heavy (non-hydrogen) atoms.